The van der Waals surface area contributed by atoms with Gasteiger partial charge in [0.15, 0.2) is 6.29 Å². The van der Waals surface area contributed by atoms with E-state index in [4.69, 9.17) is 10.00 Å². The molecule has 1 aromatic rings. The molecule has 1 rings (SSSR count). The zero-order valence-electron chi connectivity index (χ0n) is 8.81. The van der Waals surface area contributed by atoms with E-state index in [1.807, 2.05) is 6.07 Å². The van der Waals surface area contributed by atoms with Crippen LogP contribution in [0.25, 0.3) is 0 Å². The van der Waals surface area contributed by atoms with Crippen LogP contribution >= 0.6 is 0 Å². The minimum absolute atomic E-state index is 0.0508. The number of ether oxygens (including phenoxy) is 2. The molecule has 0 unspecified atom stereocenters. The van der Waals surface area contributed by atoms with Crippen molar-refractivity contribution in [3.8, 4) is 11.8 Å². The summed E-state index contributed by atoms with van der Waals surface area (Å²) in [5.74, 6) is -0.418. The maximum absolute atomic E-state index is 11.3. The van der Waals surface area contributed by atoms with E-state index in [-0.39, 0.29) is 22.4 Å². The number of hydrogen-bond donors (Lipinski definition) is 0. The predicted octanol–water partition coefficient (Wildman–Crippen LogP) is 1.17. The number of esters is 1. The molecule has 16 heavy (non-hydrogen) atoms. The summed E-state index contributed by atoms with van der Waals surface area (Å²) in [7, 11) is 2.58. The van der Waals surface area contributed by atoms with Crippen LogP contribution in [0.5, 0.6) is 5.75 Å². The lowest BCUT2D eigenvalue weighted by molar-refractivity contribution is 0.0598. The van der Waals surface area contributed by atoms with E-state index in [2.05, 4.69) is 4.74 Å². The maximum atomic E-state index is 11.3. The number of benzene rings is 1. The quantitative estimate of drug-likeness (QED) is 0.563. The number of carbonyl (C=O) groups excluding carboxylic acids is 2. The van der Waals surface area contributed by atoms with Crippen molar-refractivity contribution in [2.45, 2.75) is 0 Å². The van der Waals surface area contributed by atoms with Crippen molar-refractivity contribution in [3.63, 3.8) is 0 Å². The van der Waals surface area contributed by atoms with Gasteiger partial charge in [0.05, 0.1) is 25.3 Å². The first-order valence-corrected chi connectivity index (χ1v) is 4.33. The summed E-state index contributed by atoms with van der Waals surface area (Å²) in [5.41, 5.74) is 0.353. The van der Waals surface area contributed by atoms with Gasteiger partial charge < -0.3 is 9.47 Å². The Labute approximate surface area is 92.2 Å². The van der Waals surface area contributed by atoms with Crippen LogP contribution in [-0.2, 0) is 4.74 Å². The van der Waals surface area contributed by atoms with E-state index in [1.54, 1.807) is 0 Å². The predicted molar refractivity (Wildman–Crippen MR) is 54.4 cm³/mol. The average molecular weight is 219 g/mol. The van der Waals surface area contributed by atoms with E-state index in [9.17, 15) is 9.59 Å². The molecule has 0 bridgehead atoms. The summed E-state index contributed by atoms with van der Waals surface area (Å²) in [6.07, 6.45) is 0.510. The van der Waals surface area contributed by atoms with Crippen LogP contribution in [0, 0.1) is 11.3 Å². The van der Waals surface area contributed by atoms with Gasteiger partial charge in [0, 0.05) is 5.56 Å². The normalized spacial score (nSPS) is 9.06. The first-order chi connectivity index (χ1) is 7.67. The highest BCUT2D eigenvalue weighted by Crippen LogP contribution is 2.22. The van der Waals surface area contributed by atoms with Crippen molar-refractivity contribution in [1.82, 2.24) is 0 Å². The molecule has 0 amide bonds. The number of rotatable bonds is 3. The van der Waals surface area contributed by atoms with Gasteiger partial charge in [-0.15, -0.1) is 0 Å². The molecular formula is C11H9NO4. The van der Waals surface area contributed by atoms with Gasteiger partial charge in [0.1, 0.15) is 11.8 Å². The number of nitrogens with zero attached hydrogens (tertiary/aromatic N) is 1. The van der Waals surface area contributed by atoms with E-state index in [0.717, 1.165) is 0 Å². The number of nitriles is 1. The molecule has 0 aliphatic carbocycles. The molecule has 1 aromatic carbocycles. The Morgan fingerprint density at radius 2 is 2.12 bits per heavy atom. The third-order valence-corrected chi connectivity index (χ3v) is 2.02. The Morgan fingerprint density at radius 1 is 1.44 bits per heavy atom. The van der Waals surface area contributed by atoms with Crippen molar-refractivity contribution in [2.24, 2.45) is 0 Å². The van der Waals surface area contributed by atoms with E-state index >= 15 is 0 Å². The first-order valence-electron chi connectivity index (χ1n) is 4.33. The summed E-state index contributed by atoms with van der Waals surface area (Å²) in [4.78, 5) is 22.1. The molecule has 82 valence electrons. The van der Waals surface area contributed by atoms with E-state index < -0.39 is 5.97 Å². The molecule has 0 heterocycles. The lowest BCUT2D eigenvalue weighted by Gasteiger charge is -2.07. The van der Waals surface area contributed by atoms with Crippen molar-refractivity contribution < 1.29 is 19.1 Å². The van der Waals surface area contributed by atoms with Gasteiger partial charge in [0.25, 0.3) is 0 Å². The zero-order valence-corrected chi connectivity index (χ0v) is 8.81. The number of methoxy groups -OCH3 is 2. The van der Waals surface area contributed by atoms with Crippen LogP contribution in [0.15, 0.2) is 12.1 Å². The number of carbonyl (C=O) groups is 2. The molecule has 0 aliphatic heterocycles. The van der Waals surface area contributed by atoms with Crippen molar-refractivity contribution >= 4 is 12.3 Å². The SMILES string of the molecule is COC(=O)c1cc(C#N)c(OC)cc1C=O. The zero-order chi connectivity index (χ0) is 12.1. The summed E-state index contributed by atoms with van der Waals surface area (Å²) >= 11 is 0. The monoisotopic (exact) mass is 219 g/mol. The fraction of sp³-hybridized carbons (Fsp3) is 0.182. The minimum Gasteiger partial charge on any atom is -0.495 e. The first kappa shape index (κ1) is 11.7. The second-order valence-corrected chi connectivity index (χ2v) is 2.86. The number of hydrogen-bond acceptors (Lipinski definition) is 5. The maximum Gasteiger partial charge on any atom is 0.338 e. The topological polar surface area (TPSA) is 76.4 Å². The molecule has 5 nitrogen and oxygen atoms in total. The Kier molecular flexibility index (Phi) is 3.62. The minimum atomic E-state index is -0.666. The van der Waals surface area contributed by atoms with Gasteiger partial charge in [-0.1, -0.05) is 0 Å². The Morgan fingerprint density at radius 3 is 2.56 bits per heavy atom. The molecular weight excluding hydrogens is 210 g/mol. The van der Waals surface area contributed by atoms with Crippen LogP contribution in [-0.4, -0.2) is 26.5 Å². The smallest absolute Gasteiger partial charge is 0.338 e. The highest BCUT2D eigenvalue weighted by atomic mass is 16.5. The molecule has 0 aliphatic rings. The third kappa shape index (κ3) is 2.01. The van der Waals surface area contributed by atoms with Crippen LogP contribution in [0.2, 0.25) is 0 Å². The van der Waals surface area contributed by atoms with Gasteiger partial charge in [-0.25, -0.2) is 4.79 Å². The third-order valence-electron chi connectivity index (χ3n) is 2.02. The van der Waals surface area contributed by atoms with Gasteiger partial charge >= 0.3 is 5.97 Å². The summed E-state index contributed by atoms with van der Waals surface area (Å²) in [6.45, 7) is 0. The second-order valence-electron chi connectivity index (χ2n) is 2.86. The Hall–Kier alpha value is -2.35. The second kappa shape index (κ2) is 4.94. The molecule has 0 aromatic heterocycles. The van der Waals surface area contributed by atoms with Gasteiger partial charge in [-0.05, 0) is 12.1 Å². The highest BCUT2D eigenvalue weighted by Gasteiger charge is 2.16. The number of aldehydes is 1. The average Bonchev–Trinajstić information content (AvgIpc) is 2.35. The van der Waals surface area contributed by atoms with E-state index in [1.165, 1.54) is 26.4 Å². The van der Waals surface area contributed by atoms with Crippen molar-refractivity contribution in [3.05, 3.63) is 28.8 Å². The lowest BCUT2D eigenvalue weighted by Crippen LogP contribution is -2.06. The molecule has 0 saturated heterocycles. The van der Waals surface area contributed by atoms with Crippen LogP contribution in [0.3, 0.4) is 0 Å². The fourth-order valence-corrected chi connectivity index (χ4v) is 1.24. The Balaban J connectivity index is 3.44. The van der Waals surface area contributed by atoms with Crippen molar-refractivity contribution in [1.29, 1.82) is 5.26 Å². The molecule has 5 heteroatoms. The van der Waals surface area contributed by atoms with Crippen molar-refractivity contribution in [2.75, 3.05) is 14.2 Å². The molecule has 0 atom stereocenters. The molecule has 0 fully saturated rings. The summed E-state index contributed by atoms with van der Waals surface area (Å²) < 4.78 is 9.42. The molecule has 0 saturated carbocycles. The fourth-order valence-electron chi connectivity index (χ4n) is 1.24. The highest BCUT2D eigenvalue weighted by molar-refractivity contribution is 5.99. The molecule has 0 radical (unpaired) electrons. The standard InChI is InChI=1S/C11H9NO4/c1-15-10-4-8(6-13)9(11(14)16-2)3-7(10)5-12/h3-4,6H,1-2H3. The van der Waals surface area contributed by atoms with E-state index in [0.29, 0.717) is 6.29 Å². The molecule has 0 N–H and O–H groups in total. The van der Waals surface area contributed by atoms with Gasteiger partial charge in [-0.3, -0.25) is 4.79 Å². The molecule has 0 spiro atoms. The summed E-state index contributed by atoms with van der Waals surface area (Å²) in [6, 6.07) is 4.47. The van der Waals surface area contributed by atoms with Crippen LogP contribution < -0.4 is 4.74 Å². The van der Waals surface area contributed by atoms with Crippen LogP contribution in [0.1, 0.15) is 26.3 Å². The summed E-state index contributed by atoms with van der Waals surface area (Å²) in [5, 5.41) is 8.82. The van der Waals surface area contributed by atoms with Gasteiger partial charge in [0.2, 0.25) is 0 Å². The largest absolute Gasteiger partial charge is 0.495 e. The van der Waals surface area contributed by atoms with Crippen LogP contribution in [0.4, 0.5) is 0 Å². The lowest BCUT2D eigenvalue weighted by atomic mass is 10.0. The Bertz CT molecular complexity index is 474. The van der Waals surface area contributed by atoms with Gasteiger partial charge in [-0.2, -0.15) is 5.26 Å².